The van der Waals surface area contributed by atoms with E-state index in [4.69, 9.17) is 0 Å². The van der Waals surface area contributed by atoms with E-state index >= 15 is 0 Å². The van der Waals surface area contributed by atoms with E-state index in [0.717, 1.165) is 5.75 Å². The van der Waals surface area contributed by atoms with Crippen molar-refractivity contribution in [3.05, 3.63) is 0 Å². The Morgan fingerprint density at radius 3 is 2.64 bits per heavy atom. The van der Waals surface area contributed by atoms with Crippen LogP contribution in [0.1, 0.15) is 20.3 Å². The summed E-state index contributed by atoms with van der Waals surface area (Å²) in [4.78, 5) is 23.0. The molecule has 14 heavy (non-hydrogen) atoms. The zero-order valence-corrected chi connectivity index (χ0v) is 9.53. The number of rotatable bonds is 3. The predicted octanol–water partition coefficient (Wildman–Crippen LogP) is 0.133. The van der Waals surface area contributed by atoms with Crippen molar-refractivity contribution in [1.29, 1.82) is 0 Å². The topological polar surface area (TPSA) is 58.2 Å². The van der Waals surface area contributed by atoms with Crippen molar-refractivity contribution in [2.24, 2.45) is 0 Å². The fourth-order valence-corrected chi connectivity index (χ4v) is 1.77. The van der Waals surface area contributed by atoms with Crippen LogP contribution in [-0.2, 0) is 9.59 Å². The van der Waals surface area contributed by atoms with Crippen molar-refractivity contribution < 1.29 is 9.59 Å². The van der Waals surface area contributed by atoms with E-state index in [2.05, 4.69) is 10.6 Å². The highest BCUT2D eigenvalue weighted by molar-refractivity contribution is 7.98. The van der Waals surface area contributed by atoms with Gasteiger partial charge in [0, 0.05) is 0 Å². The summed E-state index contributed by atoms with van der Waals surface area (Å²) in [6.45, 7) is 3.40. The monoisotopic (exact) mass is 216 g/mol. The first-order chi connectivity index (χ1) is 6.47. The number of carbonyl (C=O) groups excluding carboxylic acids is 2. The number of piperazine rings is 1. The van der Waals surface area contributed by atoms with E-state index in [0.29, 0.717) is 6.42 Å². The molecule has 4 nitrogen and oxygen atoms in total. The zero-order chi connectivity index (χ0) is 10.8. The minimum Gasteiger partial charge on any atom is -0.342 e. The first-order valence-corrected chi connectivity index (χ1v) is 5.98. The van der Waals surface area contributed by atoms with E-state index in [1.165, 1.54) is 0 Å². The number of amides is 2. The summed E-state index contributed by atoms with van der Waals surface area (Å²) < 4.78 is 0. The van der Waals surface area contributed by atoms with E-state index < -0.39 is 5.54 Å². The van der Waals surface area contributed by atoms with Crippen LogP contribution in [0.5, 0.6) is 0 Å². The smallest absolute Gasteiger partial charge is 0.245 e. The largest absolute Gasteiger partial charge is 0.342 e. The van der Waals surface area contributed by atoms with Crippen LogP contribution in [0, 0.1) is 0 Å². The molecule has 0 aromatic rings. The number of hydrogen-bond donors (Lipinski definition) is 2. The maximum absolute atomic E-state index is 11.5. The molecule has 0 aromatic heterocycles. The minimum atomic E-state index is -0.771. The Morgan fingerprint density at radius 2 is 2.07 bits per heavy atom. The molecular weight excluding hydrogens is 200 g/mol. The molecule has 2 amide bonds. The van der Waals surface area contributed by atoms with Gasteiger partial charge in [-0.25, -0.2) is 0 Å². The minimum absolute atomic E-state index is 0.0800. The van der Waals surface area contributed by atoms with Gasteiger partial charge in [-0.2, -0.15) is 11.8 Å². The molecular formula is C9H16N2O2S. The van der Waals surface area contributed by atoms with Gasteiger partial charge in [0.1, 0.15) is 11.6 Å². The molecule has 1 heterocycles. The molecule has 1 atom stereocenters. The SMILES string of the molecule is CSCC[C@H]1NC(=O)C(C)(C)NC1=O. The summed E-state index contributed by atoms with van der Waals surface area (Å²) in [6, 6.07) is -0.358. The highest BCUT2D eigenvalue weighted by Crippen LogP contribution is 2.11. The highest BCUT2D eigenvalue weighted by atomic mass is 32.2. The fraction of sp³-hybridized carbons (Fsp3) is 0.778. The van der Waals surface area contributed by atoms with Crippen molar-refractivity contribution in [3.63, 3.8) is 0 Å². The maximum Gasteiger partial charge on any atom is 0.245 e. The van der Waals surface area contributed by atoms with Crippen LogP contribution >= 0.6 is 11.8 Å². The van der Waals surface area contributed by atoms with Crippen LogP contribution < -0.4 is 10.6 Å². The number of carbonyl (C=O) groups is 2. The van der Waals surface area contributed by atoms with Crippen LogP contribution in [0.4, 0.5) is 0 Å². The predicted molar refractivity (Wildman–Crippen MR) is 57.2 cm³/mol. The third-order valence-electron chi connectivity index (χ3n) is 2.24. The first kappa shape index (κ1) is 11.4. The van der Waals surface area contributed by atoms with E-state index in [1.807, 2.05) is 6.26 Å². The molecule has 0 aliphatic carbocycles. The van der Waals surface area contributed by atoms with Crippen molar-refractivity contribution in [2.75, 3.05) is 12.0 Å². The third kappa shape index (κ3) is 2.41. The van der Waals surface area contributed by atoms with Crippen LogP contribution in [0.3, 0.4) is 0 Å². The summed E-state index contributed by atoms with van der Waals surface area (Å²) in [5, 5.41) is 5.43. The molecule has 0 aromatic carbocycles. The quantitative estimate of drug-likeness (QED) is 0.705. The van der Waals surface area contributed by atoms with E-state index in [1.54, 1.807) is 25.6 Å². The number of thioether (sulfide) groups is 1. The Morgan fingerprint density at radius 1 is 1.43 bits per heavy atom. The van der Waals surface area contributed by atoms with Crippen molar-refractivity contribution >= 4 is 23.6 Å². The molecule has 0 unspecified atom stereocenters. The van der Waals surface area contributed by atoms with Crippen LogP contribution in [0.15, 0.2) is 0 Å². The second-order valence-electron chi connectivity index (χ2n) is 3.92. The fourth-order valence-electron chi connectivity index (χ4n) is 1.30. The lowest BCUT2D eigenvalue weighted by atomic mass is 9.98. The summed E-state index contributed by atoms with van der Waals surface area (Å²) in [5.74, 6) is 0.686. The first-order valence-electron chi connectivity index (χ1n) is 4.59. The average Bonchev–Trinajstić information content (AvgIpc) is 2.08. The molecule has 1 rings (SSSR count). The van der Waals surface area contributed by atoms with Crippen LogP contribution in [0.2, 0.25) is 0 Å². The Bertz CT molecular complexity index is 253. The zero-order valence-electron chi connectivity index (χ0n) is 8.72. The molecule has 0 saturated carbocycles. The third-order valence-corrected chi connectivity index (χ3v) is 2.88. The van der Waals surface area contributed by atoms with Gasteiger partial charge in [0.05, 0.1) is 0 Å². The number of nitrogens with one attached hydrogen (secondary N) is 2. The van der Waals surface area contributed by atoms with Gasteiger partial charge in [0.25, 0.3) is 0 Å². The van der Waals surface area contributed by atoms with Gasteiger partial charge in [-0.15, -0.1) is 0 Å². The molecule has 1 aliphatic heterocycles. The second-order valence-corrected chi connectivity index (χ2v) is 4.91. The molecule has 5 heteroatoms. The van der Waals surface area contributed by atoms with E-state index in [9.17, 15) is 9.59 Å². The Labute approximate surface area is 88.2 Å². The lowest BCUT2D eigenvalue weighted by Crippen LogP contribution is -2.66. The molecule has 1 aliphatic rings. The summed E-state index contributed by atoms with van der Waals surface area (Å²) in [5.41, 5.74) is -0.771. The van der Waals surface area contributed by atoms with Gasteiger partial charge in [0.2, 0.25) is 11.8 Å². The molecule has 0 radical (unpaired) electrons. The Kier molecular flexibility index (Phi) is 3.42. The highest BCUT2D eigenvalue weighted by Gasteiger charge is 2.38. The Hall–Kier alpha value is -0.710. The summed E-state index contributed by atoms with van der Waals surface area (Å²) in [6.07, 6.45) is 2.67. The second kappa shape index (κ2) is 4.21. The van der Waals surface area contributed by atoms with Crippen molar-refractivity contribution in [1.82, 2.24) is 10.6 Å². The normalized spacial score (nSPS) is 25.5. The lowest BCUT2D eigenvalue weighted by Gasteiger charge is -2.34. The van der Waals surface area contributed by atoms with Crippen molar-refractivity contribution in [3.8, 4) is 0 Å². The van der Waals surface area contributed by atoms with Gasteiger partial charge in [0.15, 0.2) is 0 Å². The summed E-state index contributed by atoms with van der Waals surface area (Å²) in [7, 11) is 0. The van der Waals surface area contributed by atoms with Crippen LogP contribution in [0.25, 0.3) is 0 Å². The lowest BCUT2D eigenvalue weighted by molar-refractivity contribution is -0.140. The summed E-state index contributed by atoms with van der Waals surface area (Å²) >= 11 is 1.67. The molecule has 0 bridgehead atoms. The molecule has 80 valence electrons. The van der Waals surface area contributed by atoms with Gasteiger partial charge in [-0.1, -0.05) is 0 Å². The van der Waals surface area contributed by atoms with Gasteiger partial charge in [-0.05, 0) is 32.3 Å². The molecule has 0 spiro atoms. The van der Waals surface area contributed by atoms with Gasteiger partial charge >= 0.3 is 0 Å². The van der Waals surface area contributed by atoms with E-state index in [-0.39, 0.29) is 17.9 Å². The van der Waals surface area contributed by atoms with Gasteiger partial charge in [-0.3, -0.25) is 9.59 Å². The maximum atomic E-state index is 11.5. The standard InChI is InChI=1S/C9H16N2O2S/c1-9(2)8(13)10-6(4-5-14-3)7(12)11-9/h6H,4-5H2,1-3H3,(H,10,13)(H,11,12)/t6-/m1/s1. The van der Waals surface area contributed by atoms with Crippen LogP contribution in [-0.4, -0.2) is 35.4 Å². The molecule has 1 fully saturated rings. The molecule has 1 saturated heterocycles. The molecule has 2 N–H and O–H groups in total. The van der Waals surface area contributed by atoms with Gasteiger partial charge < -0.3 is 10.6 Å². The Balaban J connectivity index is 2.58. The average molecular weight is 216 g/mol. The van der Waals surface area contributed by atoms with Crippen molar-refractivity contribution in [2.45, 2.75) is 31.8 Å². The number of hydrogen-bond acceptors (Lipinski definition) is 3.